The smallest absolute Gasteiger partial charge is 0.387 e. The van der Waals surface area contributed by atoms with Gasteiger partial charge < -0.3 is 20.3 Å². The Kier molecular flexibility index (Phi) is 6.35. The van der Waals surface area contributed by atoms with Crippen LogP contribution in [-0.2, 0) is 11.3 Å². The number of rotatable bonds is 6. The molecule has 0 saturated carbocycles. The van der Waals surface area contributed by atoms with Crippen molar-refractivity contribution in [1.82, 2.24) is 19.6 Å². The molecule has 1 aliphatic heterocycles. The lowest BCUT2D eigenvalue weighted by molar-refractivity contribution is -0.133. The zero-order valence-corrected chi connectivity index (χ0v) is 16.1. The summed E-state index contributed by atoms with van der Waals surface area (Å²) >= 11 is 5.97. The van der Waals surface area contributed by atoms with Crippen LogP contribution in [0.3, 0.4) is 0 Å². The quantitative estimate of drug-likeness (QED) is 0.725. The van der Waals surface area contributed by atoms with Gasteiger partial charge in [-0.05, 0) is 24.7 Å². The Balaban J connectivity index is 1.77. The number of alkyl halides is 2. The van der Waals surface area contributed by atoms with Gasteiger partial charge in [0, 0.05) is 43.0 Å². The third-order valence-corrected chi connectivity index (χ3v) is 4.88. The predicted molar refractivity (Wildman–Crippen MR) is 102 cm³/mol. The van der Waals surface area contributed by atoms with Gasteiger partial charge in [-0.15, -0.1) is 0 Å². The van der Waals surface area contributed by atoms with Crippen LogP contribution in [0.1, 0.15) is 6.92 Å². The maximum absolute atomic E-state index is 12.7. The molecule has 0 aliphatic carbocycles. The molecule has 1 fully saturated rings. The van der Waals surface area contributed by atoms with Crippen LogP contribution in [0, 0.1) is 0 Å². The molecule has 152 valence electrons. The van der Waals surface area contributed by atoms with Crippen LogP contribution in [-0.4, -0.2) is 64.8 Å². The van der Waals surface area contributed by atoms with Gasteiger partial charge in [0.2, 0.25) is 5.91 Å². The van der Waals surface area contributed by atoms with Crippen molar-refractivity contribution in [2.24, 2.45) is 0 Å². The lowest BCUT2D eigenvalue weighted by atomic mass is 10.1. The van der Waals surface area contributed by atoms with Gasteiger partial charge in [-0.2, -0.15) is 13.9 Å². The average molecular weight is 413 g/mol. The molecule has 1 amide bonds. The van der Waals surface area contributed by atoms with Crippen molar-refractivity contribution in [1.29, 1.82) is 0 Å². The van der Waals surface area contributed by atoms with Gasteiger partial charge in [0.1, 0.15) is 12.3 Å². The second-order valence-electron chi connectivity index (χ2n) is 6.42. The molecule has 1 aromatic carbocycles. The van der Waals surface area contributed by atoms with Gasteiger partial charge >= 0.3 is 6.61 Å². The number of nitrogens with one attached hydrogen (secondary N) is 1. The molecule has 1 aromatic heterocycles. The van der Waals surface area contributed by atoms with Crippen LogP contribution in [0.4, 0.5) is 14.5 Å². The third-order valence-electron chi connectivity index (χ3n) is 4.64. The molecule has 2 heterocycles. The monoisotopic (exact) mass is 412 g/mol. The molecule has 10 heteroatoms. The molecule has 3 rings (SSSR count). The Labute approximate surface area is 166 Å². The summed E-state index contributed by atoms with van der Waals surface area (Å²) in [5, 5.41) is 4.54. The largest absolute Gasteiger partial charge is 0.696 e. The molecule has 7 nitrogen and oxygen atoms in total. The molecule has 0 bridgehead atoms. The Hall–Kier alpha value is -2.39. The Morgan fingerprint density at radius 2 is 2.04 bits per heavy atom. The van der Waals surface area contributed by atoms with Crippen molar-refractivity contribution in [2.45, 2.75) is 20.1 Å². The van der Waals surface area contributed by atoms with Crippen LogP contribution >= 0.6 is 11.6 Å². The molecular weight excluding hydrogens is 392 g/mol. The third kappa shape index (κ3) is 4.71. The number of aromatic nitrogens is 2. The van der Waals surface area contributed by atoms with E-state index in [1.54, 1.807) is 4.90 Å². The maximum Gasteiger partial charge on any atom is 0.387 e. The molecule has 0 atom stereocenters. The van der Waals surface area contributed by atoms with Gasteiger partial charge in [0.15, 0.2) is 0 Å². The number of likely N-dealkylation sites (N-methyl/N-ethyl adjacent to an activating group) is 1. The molecule has 1 saturated heterocycles. The van der Waals surface area contributed by atoms with Gasteiger partial charge in [-0.25, -0.2) is 0 Å². The Morgan fingerprint density at radius 1 is 1.32 bits per heavy atom. The number of piperazine rings is 1. The lowest BCUT2D eigenvalue weighted by Gasteiger charge is -2.34. The number of benzene rings is 1. The van der Waals surface area contributed by atoms with E-state index in [0.717, 1.165) is 19.6 Å². The molecule has 0 unspecified atom stereocenters. The van der Waals surface area contributed by atoms with Gasteiger partial charge in [-0.1, -0.05) is 24.2 Å². The number of nitrogens with zero attached hydrogens (tertiary/aromatic N) is 4. The van der Waals surface area contributed by atoms with Crippen molar-refractivity contribution in [3.8, 4) is 17.0 Å². The first-order chi connectivity index (χ1) is 13.4. The Morgan fingerprint density at radius 3 is 2.68 bits per heavy atom. The number of halogens is 3. The van der Waals surface area contributed by atoms with E-state index in [0.29, 0.717) is 18.1 Å². The average Bonchev–Trinajstić information content (AvgIpc) is 3.02. The zero-order chi connectivity index (χ0) is 20.3. The van der Waals surface area contributed by atoms with Crippen molar-refractivity contribution >= 4 is 23.2 Å². The van der Waals surface area contributed by atoms with Crippen LogP contribution < -0.4 is 4.74 Å². The van der Waals surface area contributed by atoms with E-state index in [1.807, 2.05) is 0 Å². The molecule has 0 radical (unpaired) electrons. The SMILES string of the molecule is CCN1CCN(C(=O)Cn2cc([NH-])c(-c3cc(Cl)ccc3OC(F)F)n2)CC1. The van der Waals surface area contributed by atoms with Crippen molar-refractivity contribution in [3.05, 3.63) is 35.2 Å². The van der Waals surface area contributed by atoms with Gasteiger partial charge in [0.25, 0.3) is 0 Å². The van der Waals surface area contributed by atoms with Crippen molar-refractivity contribution in [2.75, 3.05) is 32.7 Å². The normalized spacial score (nSPS) is 15.2. The molecule has 2 aromatic rings. The minimum atomic E-state index is -3.01. The summed E-state index contributed by atoms with van der Waals surface area (Å²) in [6.45, 7) is 2.95. The second-order valence-corrected chi connectivity index (χ2v) is 6.86. The van der Waals surface area contributed by atoms with E-state index in [4.69, 9.17) is 17.3 Å². The fraction of sp³-hybridized carbons (Fsp3) is 0.444. The Bertz CT molecular complexity index is 837. The fourth-order valence-electron chi connectivity index (χ4n) is 3.14. The summed E-state index contributed by atoms with van der Waals surface area (Å²) in [5.41, 5.74) is 8.42. The van der Waals surface area contributed by atoms with Crippen LogP contribution in [0.2, 0.25) is 5.02 Å². The van der Waals surface area contributed by atoms with Crippen LogP contribution in [0.15, 0.2) is 24.4 Å². The number of carbonyl (C=O) groups is 1. The van der Waals surface area contributed by atoms with Crippen molar-refractivity contribution in [3.63, 3.8) is 0 Å². The van der Waals surface area contributed by atoms with Crippen molar-refractivity contribution < 1.29 is 18.3 Å². The lowest BCUT2D eigenvalue weighted by Crippen LogP contribution is -2.49. The summed E-state index contributed by atoms with van der Waals surface area (Å²) in [6, 6.07) is 4.14. The highest BCUT2D eigenvalue weighted by molar-refractivity contribution is 6.31. The van der Waals surface area contributed by atoms with E-state index in [-0.39, 0.29) is 35.1 Å². The highest BCUT2D eigenvalue weighted by Gasteiger charge is 2.21. The number of hydrogen-bond donors (Lipinski definition) is 0. The molecule has 28 heavy (non-hydrogen) atoms. The molecule has 1 aliphatic rings. The standard InChI is InChI=1S/C18H21ClF2N5O2/c1-2-24-5-7-25(8-6-24)16(27)11-26-10-14(22)17(23-26)13-9-12(19)3-4-15(13)28-18(20)21/h3-4,9-10,18,22H,2,5-8,11H2,1H3/q-1. The highest BCUT2D eigenvalue weighted by atomic mass is 35.5. The van der Waals surface area contributed by atoms with E-state index in [2.05, 4.69) is 21.7 Å². The molecular formula is C18H21ClF2N5O2-. The van der Waals surface area contributed by atoms with Gasteiger partial charge in [-0.3, -0.25) is 9.48 Å². The summed E-state index contributed by atoms with van der Waals surface area (Å²) in [6.07, 6.45) is 1.39. The topological polar surface area (TPSA) is 74.4 Å². The van der Waals surface area contributed by atoms with Crippen LogP contribution in [0.25, 0.3) is 17.0 Å². The predicted octanol–water partition coefficient (Wildman–Crippen LogP) is 3.65. The number of hydrogen-bond acceptors (Lipinski definition) is 4. The number of carbonyl (C=O) groups excluding carboxylic acids is 1. The summed E-state index contributed by atoms with van der Waals surface area (Å²) in [5.74, 6) is -0.222. The second kappa shape index (κ2) is 8.74. The van der Waals surface area contributed by atoms with E-state index in [1.165, 1.54) is 29.1 Å². The van der Waals surface area contributed by atoms with Crippen LogP contribution in [0.5, 0.6) is 5.75 Å². The van der Waals surface area contributed by atoms with E-state index in [9.17, 15) is 13.6 Å². The fourth-order valence-corrected chi connectivity index (χ4v) is 3.31. The molecule has 0 spiro atoms. The summed E-state index contributed by atoms with van der Waals surface area (Å²) in [4.78, 5) is 16.6. The number of amides is 1. The van der Waals surface area contributed by atoms with E-state index >= 15 is 0 Å². The minimum absolute atomic E-state index is 0.00927. The summed E-state index contributed by atoms with van der Waals surface area (Å²) in [7, 11) is 0. The highest BCUT2D eigenvalue weighted by Crippen LogP contribution is 2.37. The van der Waals surface area contributed by atoms with E-state index < -0.39 is 6.61 Å². The number of ether oxygens (including phenoxy) is 1. The van der Waals surface area contributed by atoms with Gasteiger partial charge in [0.05, 0.1) is 5.69 Å². The summed E-state index contributed by atoms with van der Waals surface area (Å²) < 4.78 is 31.2. The first-order valence-corrected chi connectivity index (χ1v) is 9.29. The first-order valence-electron chi connectivity index (χ1n) is 8.91. The minimum Gasteiger partial charge on any atom is -0.696 e. The maximum atomic E-state index is 12.7. The zero-order valence-electron chi connectivity index (χ0n) is 15.4. The first kappa shape index (κ1) is 20.3. The molecule has 1 N–H and O–H groups in total.